The van der Waals surface area contributed by atoms with Gasteiger partial charge in [-0.15, -0.1) is 0 Å². The van der Waals surface area contributed by atoms with Gasteiger partial charge in [0.15, 0.2) is 6.10 Å². The van der Waals surface area contributed by atoms with Crippen LogP contribution in [-0.4, -0.2) is 30.4 Å². The molecule has 9 heteroatoms. The number of carbonyl (C=O) groups is 1. The van der Waals surface area contributed by atoms with Gasteiger partial charge in [0.2, 0.25) is 5.95 Å². The number of ether oxygens (including phenoxy) is 1. The Bertz CT molecular complexity index is 1090. The van der Waals surface area contributed by atoms with Crippen molar-refractivity contribution in [3.8, 4) is 5.75 Å². The van der Waals surface area contributed by atoms with E-state index in [9.17, 15) is 13.2 Å². The Morgan fingerprint density at radius 3 is 2.38 bits per heavy atom. The summed E-state index contributed by atoms with van der Waals surface area (Å²) in [6.07, 6.45) is 0.748. The maximum atomic E-state index is 12.5. The van der Waals surface area contributed by atoms with E-state index in [1.54, 1.807) is 32.0 Å². The van der Waals surface area contributed by atoms with Crippen molar-refractivity contribution in [1.29, 1.82) is 0 Å². The maximum Gasteiger partial charge on any atom is 0.265 e. The highest BCUT2D eigenvalue weighted by molar-refractivity contribution is 7.92. The van der Waals surface area contributed by atoms with Crippen molar-refractivity contribution in [2.45, 2.75) is 24.8 Å². The van der Waals surface area contributed by atoms with Gasteiger partial charge < -0.3 is 10.1 Å². The highest BCUT2D eigenvalue weighted by Gasteiger charge is 2.18. The summed E-state index contributed by atoms with van der Waals surface area (Å²) in [5, 5.41) is 2.69. The number of amides is 1. The van der Waals surface area contributed by atoms with Crippen molar-refractivity contribution < 1.29 is 17.9 Å². The summed E-state index contributed by atoms with van der Waals surface area (Å²) in [5.74, 6) is 0.228. The number of anilines is 2. The Morgan fingerprint density at radius 2 is 1.72 bits per heavy atom. The molecule has 1 amide bonds. The zero-order valence-corrected chi connectivity index (χ0v) is 16.7. The van der Waals surface area contributed by atoms with Crippen LogP contribution in [0.25, 0.3) is 0 Å². The molecule has 1 atom stereocenters. The fourth-order valence-corrected chi connectivity index (χ4v) is 3.35. The average Bonchev–Trinajstić information content (AvgIpc) is 2.69. The highest BCUT2D eigenvalue weighted by atomic mass is 32.2. The molecule has 0 saturated heterocycles. The van der Waals surface area contributed by atoms with E-state index in [-0.39, 0.29) is 16.8 Å². The molecule has 0 saturated carbocycles. The molecule has 0 bridgehead atoms. The number of nitrogens with zero attached hydrogens (tertiary/aromatic N) is 2. The van der Waals surface area contributed by atoms with Gasteiger partial charge in [0, 0.05) is 17.6 Å². The number of nitrogens with one attached hydrogen (secondary N) is 2. The Balaban J connectivity index is 1.64. The first-order valence-corrected chi connectivity index (χ1v) is 10.3. The van der Waals surface area contributed by atoms with Gasteiger partial charge in [-0.2, -0.15) is 0 Å². The SMILES string of the molecule is Cc1ccnc(NS(=O)(=O)c2ccc(NC(=O)[C@H](C)Oc3ccccc3)cc2)n1. The van der Waals surface area contributed by atoms with Crippen LogP contribution >= 0.6 is 0 Å². The van der Waals surface area contributed by atoms with E-state index in [4.69, 9.17) is 4.74 Å². The van der Waals surface area contributed by atoms with Crippen LogP contribution in [0.1, 0.15) is 12.6 Å². The third-order valence-electron chi connectivity index (χ3n) is 3.88. The number of sulfonamides is 1. The van der Waals surface area contributed by atoms with Crippen molar-refractivity contribution in [2.24, 2.45) is 0 Å². The molecule has 0 aliphatic rings. The second-order valence-corrected chi connectivity index (χ2v) is 7.90. The predicted octanol–water partition coefficient (Wildman–Crippen LogP) is 2.99. The van der Waals surface area contributed by atoms with Crippen LogP contribution < -0.4 is 14.8 Å². The summed E-state index contributed by atoms with van der Waals surface area (Å²) in [4.78, 5) is 20.2. The van der Waals surface area contributed by atoms with Crippen molar-refractivity contribution in [3.05, 3.63) is 72.6 Å². The van der Waals surface area contributed by atoms with Gasteiger partial charge in [-0.3, -0.25) is 4.79 Å². The molecule has 8 nitrogen and oxygen atoms in total. The van der Waals surface area contributed by atoms with Crippen molar-refractivity contribution in [2.75, 3.05) is 10.0 Å². The van der Waals surface area contributed by atoms with Gasteiger partial charge in [-0.25, -0.2) is 23.1 Å². The van der Waals surface area contributed by atoms with Crippen LogP contribution in [0, 0.1) is 6.92 Å². The quantitative estimate of drug-likeness (QED) is 0.617. The second-order valence-electron chi connectivity index (χ2n) is 6.21. The second kappa shape index (κ2) is 8.70. The maximum absolute atomic E-state index is 12.5. The van der Waals surface area contributed by atoms with Crippen LogP contribution in [0.3, 0.4) is 0 Å². The normalized spacial score (nSPS) is 12.1. The lowest BCUT2D eigenvalue weighted by Gasteiger charge is -2.15. The van der Waals surface area contributed by atoms with E-state index in [0.29, 0.717) is 17.1 Å². The Kier molecular flexibility index (Phi) is 6.08. The number of hydrogen-bond donors (Lipinski definition) is 2. The first-order chi connectivity index (χ1) is 13.8. The number of benzene rings is 2. The fraction of sp³-hybridized carbons (Fsp3) is 0.150. The molecule has 0 aliphatic heterocycles. The van der Waals surface area contributed by atoms with Gasteiger partial charge in [0.1, 0.15) is 5.75 Å². The number of para-hydroxylation sites is 1. The molecule has 1 heterocycles. The van der Waals surface area contributed by atoms with Crippen LogP contribution in [0.15, 0.2) is 71.8 Å². The molecular weight excluding hydrogens is 392 g/mol. The zero-order valence-electron chi connectivity index (χ0n) is 15.9. The molecule has 2 aromatic carbocycles. The topological polar surface area (TPSA) is 110 Å². The van der Waals surface area contributed by atoms with Gasteiger partial charge in [-0.1, -0.05) is 18.2 Å². The lowest BCUT2D eigenvalue weighted by molar-refractivity contribution is -0.122. The first kappa shape index (κ1) is 20.3. The standard InChI is InChI=1S/C20H20N4O4S/c1-14-12-13-21-20(22-14)24-29(26,27)18-10-8-16(9-11-18)23-19(25)15(2)28-17-6-4-3-5-7-17/h3-13,15H,1-2H3,(H,23,25)(H,21,22,24)/t15-/m0/s1. The number of hydrogen-bond acceptors (Lipinski definition) is 6. The number of aryl methyl sites for hydroxylation is 1. The largest absolute Gasteiger partial charge is 0.481 e. The molecule has 3 rings (SSSR count). The lowest BCUT2D eigenvalue weighted by Crippen LogP contribution is -2.30. The zero-order chi connectivity index (χ0) is 20.9. The fourth-order valence-electron chi connectivity index (χ4n) is 2.40. The molecule has 0 aliphatic carbocycles. The van der Waals surface area contributed by atoms with E-state index >= 15 is 0 Å². The van der Waals surface area contributed by atoms with Crippen LogP contribution in [0.2, 0.25) is 0 Å². The third kappa shape index (κ3) is 5.52. The van der Waals surface area contributed by atoms with Crippen molar-refractivity contribution in [3.63, 3.8) is 0 Å². The van der Waals surface area contributed by atoms with E-state index in [1.165, 1.54) is 30.5 Å². The minimum atomic E-state index is -3.84. The molecule has 150 valence electrons. The summed E-state index contributed by atoms with van der Waals surface area (Å²) in [6, 6.07) is 16.4. The summed E-state index contributed by atoms with van der Waals surface area (Å²) < 4.78 is 32.8. The molecule has 0 unspecified atom stereocenters. The van der Waals surface area contributed by atoms with E-state index < -0.39 is 16.1 Å². The van der Waals surface area contributed by atoms with Crippen LogP contribution in [-0.2, 0) is 14.8 Å². The molecule has 3 aromatic rings. The Labute approximate surface area is 169 Å². The minimum absolute atomic E-state index is 0.00531. The summed E-state index contributed by atoms with van der Waals surface area (Å²) in [6.45, 7) is 3.37. The van der Waals surface area contributed by atoms with Crippen LogP contribution in [0.4, 0.5) is 11.6 Å². The lowest BCUT2D eigenvalue weighted by atomic mass is 10.3. The number of aromatic nitrogens is 2. The van der Waals surface area contributed by atoms with Gasteiger partial charge in [0.25, 0.3) is 15.9 Å². The van der Waals surface area contributed by atoms with E-state index in [0.717, 1.165) is 0 Å². The molecular formula is C20H20N4O4S. The monoisotopic (exact) mass is 412 g/mol. The molecule has 0 spiro atoms. The van der Waals surface area contributed by atoms with Crippen molar-refractivity contribution in [1.82, 2.24) is 9.97 Å². The van der Waals surface area contributed by atoms with Gasteiger partial charge >= 0.3 is 0 Å². The first-order valence-electron chi connectivity index (χ1n) is 8.78. The Morgan fingerprint density at radius 1 is 1.03 bits per heavy atom. The van der Waals surface area contributed by atoms with Gasteiger partial charge in [0.05, 0.1) is 4.90 Å². The molecule has 0 radical (unpaired) electrons. The van der Waals surface area contributed by atoms with Gasteiger partial charge in [-0.05, 0) is 56.3 Å². The van der Waals surface area contributed by atoms with E-state index in [2.05, 4.69) is 20.0 Å². The smallest absolute Gasteiger partial charge is 0.265 e. The summed E-state index contributed by atoms with van der Waals surface area (Å²) in [7, 11) is -3.84. The molecule has 1 aromatic heterocycles. The summed E-state index contributed by atoms with van der Waals surface area (Å²) >= 11 is 0. The van der Waals surface area contributed by atoms with Crippen LogP contribution in [0.5, 0.6) is 5.75 Å². The molecule has 29 heavy (non-hydrogen) atoms. The summed E-state index contributed by atoms with van der Waals surface area (Å²) in [5.41, 5.74) is 1.09. The number of carbonyl (C=O) groups excluding carboxylic acids is 1. The highest BCUT2D eigenvalue weighted by Crippen LogP contribution is 2.17. The third-order valence-corrected chi connectivity index (χ3v) is 5.22. The average molecular weight is 412 g/mol. The predicted molar refractivity (Wildman–Crippen MR) is 109 cm³/mol. The number of rotatable bonds is 7. The molecule has 0 fully saturated rings. The van der Waals surface area contributed by atoms with Crippen molar-refractivity contribution >= 4 is 27.6 Å². The minimum Gasteiger partial charge on any atom is -0.481 e. The molecule has 2 N–H and O–H groups in total. The van der Waals surface area contributed by atoms with E-state index in [1.807, 2.05) is 18.2 Å². The Hall–Kier alpha value is -3.46.